The average Bonchev–Trinajstić information content (AvgIpc) is 2.77. The van der Waals surface area contributed by atoms with E-state index < -0.39 is 7.59 Å². The van der Waals surface area contributed by atoms with Crippen LogP contribution < -0.4 is 0 Å². The number of hydrogen-bond donors (Lipinski definition) is 2. The van der Waals surface area contributed by atoms with Gasteiger partial charge in [0.1, 0.15) is 11.5 Å². The number of aromatic hydroxyl groups is 2. The van der Waals surface area contributed by atoms with Crippen molar-refractivity contribution in [2.45, 2.75) is 78.5 Å². The standard InChI is InChI=1S/C27H30Cl6N2O2.CH3.Co/c1-15-9-16(23(36)19(10-15)26(28,29)30)13-34-21-7-5-6-8-22(21)35-14-17-11-18(25(2,3)4)12-20(24(17)37)27(31,32)33;;/h9-14,21-22,36-37H,5-8H2,1-4H3;1H3;/q;-1;. The van der Waals surface area contributed by atoms with Gasteiger partial charge in [-0.15, -0.1) is 0 Å². The molecular formula is C28H33Cl6CoN2O2-. The third-order valence-electron chi connectivity index (χ3n) is 6.40. The van der Waals surface area contributed by atoms with Crippen molar-refractivity contribution in [1.29, 1.82) is 0 Å². The van der Waals surface area contributed by atoms with Gasteiger partial charge >= 0.3 is 0 Å². The Labute approximate surface area is 272 Å². The van der Waals surface area contributed by atoms with Crippen molar-refractivity contribution in [3.8, 4) is 11.5 Å². The SMILES string of the molecule is Cc1cc(C=NC2CCCCC2N=Cc2cc(C(C)(C)C)cc(C(Cl)(Cl)Cl)c2O)c(O)c(C(Cl)(Cl)Cl)c1.[CH3-].[Co]. The van der Waals surface area contributed by atoms with E-state index >= 15 is 0 Å². The monoisotopic (exact) mass is 698 g/mol. The molecule has 1 aliphatic carbocycles. The van der Waals surface area contributed by atoms with Crippen LogP contribution in [0.3, 0.4) is 0 Å². The van der Waals surface area contributed by atoms with Gasteiger partial charge in [0.15, 0.2) is 0 Å². The van der Waals surface area contributed by atoms with E-state index in [2.05, 4.69) is 0 Å². The second-order valence-electron chi connectivity index (χ2n) is 10.4. The molecule has 0 bridgehead atoms. The molecule has 0 aliphatic heterocycles. The van der Waals surface area contributed by atoms with Crippen molar-refractivity contribution in [2.24, 2.45) is 9.98 Å². The Bertz CT molecular complexity index is 1200. The number of aryl methyl sites for hydroxylation is 1. The molecule has 219 valence electrons. The summed E-state index contributed by atoms with van der Waals surface area (Å²) in [6, 6.07) is 6.75. The fourth-order valence-corrected chi connectivity index (χ4v) is 5.18. The van der Waals surface area contributed by atoms with Crippen molar-refractivity contribution in [2.75, 3.05) is 0 Å². The molecule has 0 heterocycles. The van der Waals surface area contributed by atoms with E-state index in [0.29, 0.717) is 11.1 Å². The average molecular weight is 701 g/mol. The number of rotatable bonds is 4. The van der Waals surface area contributed by atoms with Crippen molar-refractivity contribution in [1.82, 2.24) is 0 Å². The van der Waals surface area contributed by atoms with Crippen molar-refractivity contribution < 1.29 is 27.0 Å². The molecular weight excluding hydrogens is 668 g/mol. The van der Waals surface area contributed by atoms with E-state index in [4.69, 9.17) is 79.6 Å². The first-order chi connectivity index (χ1) is 17.0. The predicted octanol–water partition coefficient (Wildman–Crippen LogP) is 9.65. The molecule has 1 saturated carbocycles. The molecule has 0 amide bonds. The number of halogens is 6. The molecule has 2 unspecified atom stereocenters. The van der Waals surface area contributed by atoms with Gasteiger partial charge in [0.2, 0.25) is 7.59 Å². The first-order valence-electron chi connectivity index (χ1n) is 11.9. The summed E-state index contributed by atoms with van der Waals surface area (Å²) in [6.07, 6.45) is 6.92. The van der Waals surface area contributed by atoms with Crippen LogP contribution in [0, 0.1) is 14.4 Å². The molecule has 1 aliphatic rings. The number of hydrogen-bond acceptors (Lipinski definition) is 4. The van der Waals surface area contributed by atoms with Gasteiger partial charge in [-0.3, -0.25) is 9.98 Å². The summed E-state index contributed by atoms with van der Waals surface area (Å²) in [4.78, 5) is 9.55. The van der Waals surface area contributed by atoms with Gasteiger partial charge in [-0.05, 0) is 60.6 Å². The summed E-state index contributed by atoms with van der Waals surface area (Å²) in [6.45, 7) is 7.99. The van der Waals surface area contributed by atoms with E-state index in [-0.39, 0.29) is 64.3 Å². The fourth-order valence-electron chi connectivity index (χ4n) is 4.32. The smallest absolute Gasteiger partial charge is 0.219 e. The number of phenolic OH excluding ortho intramolecular Hbond substituents is 2. The summed E-state index contributed by atoms with van der Waals surface area (Å²) in [5.41, 5.74) is 2.87. The second kappa shape index (κ2) is 14.2. The molecule has 39 heavy (non-hydrogen) atoms. The minimum absolute atomic E-state index is 0. The van der Waals surface area contributed by atoms with Crippen LogP contribution in [0.5, 0.6) is 11.5 Å². The molecule has 1 fully saturated rings. The van der Waals surface area contributed by atoms with Gasteiger partial charge in [-0.1, -0.05) is 103 Å². The van der Waals surface area contributed by atoms with Gasteiger partial charge in [0.05, 0.1) is 12.1 Å². The Morgan fingerprint density at radius 2 is 1.15 bits per heavy atom. The van der Waals surface area contributed by atoms with Crippen LogP contribution in [0.15, 0.2) is 34.3 Å². The fraction of sp³-hybridized carbons (Fsp3) is 0.464. The number of benzene rings is 2. The van der Waals surface area contributed by atoms with Crippen LogP contribution in [-0.2, 0) is 29.8 Å². The van der Waals surface area contributed by atoms with Gasteiger partial charge in [0.25, 0.3) is 0 Å². The first-order valence-corrected chi connectivity index (χ1v) is 14.2. The zero-order valence-corrected chi connectivity index (χ0v) is 27.9. The molecule has 2 aromatic carbocycles. The molecule has 1 radical (unpaired) electrons. The summed E-state index contributed by atoms with van der Waals surface area (Å²) in [5.74, 6) is -0.232. The Balaban J connectivity index is 0.00000380. The van der Waals surface area contributed by atoms with Gasteiger partial charge in [0, 0.05) is 51.5 Å². The van der Waals surface area contributed by atoms with E-state index in [1.807, 2.05) is 33.8 Å². The molecule has 2 N–H and O–H groups in total. The molecule has 0 saturated heterocycles. The van der Waals surface area contributed by atoms with E-state index in [1.165, 1.54) is 0 Å². The van der Waals surface area contributed by atoms with Crippen molar-refractivity contribution in [3.63, 3.8) is 0 Å². The molecule has 0 spiro atoms. The predicted molar refractivity (Wildman–Crippen MR) is 166 cm³/mol. The summed E-state index contributed by atoms with van der Waals surface area (Å²) in [7, 11) is 0. The largest absolute Gasteiger partial charge is 0.507 e. The van der Waals surface area contributed by atoms with Crippen LogP contribution in [0.1, 0.15) is 79.8 Å². The topological polar surface area (TPSA) is 65.2 Å². The third-order valence-corrected chi connectivity index (χ3v) is 7.63. The molecule has 0 aromatic heterocycles. The van der Waals surface area contributed by atoms with Gasteiger partial charge in [-0.25, -0.2) is 0 Å². The van der Waals surface area contributed by atoms with E-state index in [0.717, 1.165) is 36.8 Å². The molecule has 11 heteroatoms. The van der Waals surface area contributed by atoms with Crippen molar-refractivity contribution in [3.05, 3.63) is 65.1 Å². The van der Waals surface area contributed by atoms with Gasteiger partial charge < -0.3 is 17.6 Å². The Morgan fingerprint density at radius 3 is 1.56 bits per heavy atom. The minimum atomic E-state index is -1.78. The molecule has 4 nitrogen and oxygen atoms in total. The van der Waals surface area contributed by atoms with E-state index in [1.54, 1.807) is 30.6 Å². The normalized spacial score (nSPS) is 18.7. The first kappa shape index (κ1) is 36.7. The maximum atomic E-state index is 10.9. The number of alkyl halides is 6. The summed E-state index contributed by atoms with van der Waals surface area (Å²) in [5, 5.41) is 21.6. The zero-order chi connectivity index (χ0) is 27.8. The van der Waals surface area contributed by atoms with Crippen molar-refractivity contribution >= 4 is 82.0 Å². The van der Waals surface area contributed by atoms with Crippen LogP contribution in [-0.4, -0.2) is 34.7 Å². The van der Waals surface area contributed by atoms with E-state index in [9.17, 15) is 10.2 Å². The molecule has 2 aromatic rings. The second-order valence-corrected chi connectivity index (χ2v) is 15.0. The Morgan fingerprint density at radius 1 is 0.744 bits per heavy atom. The molecule has 3 rings (SSSR count). The maximum absolute atomic E-state index is 10.9. The van der Waals surface area contributed by atoms with Crippen LogP contribution in [0.2, 0.25) is 0 Å². The Hall–Kier alpha value is -0.374. The van der Waals surface area contributed by atoms with Crippen LogP contribution in [0.4, 0.5) is 0 Å². The minimum Gasteiger partial charge on any atom is -0.507 e. The quantitative estimate of drug-likeness (QED) is 0.190. The zero-order valence-electron chi connectivity index (χ0n) is 22.3. The summed E-state index contributed by atoms with van der Waals surface area (Å²) < 4.78 is -3.54. The summed E-state index contributed by atoms with van der Waals surface area (Å²) >= 11 is 36.6. The molecule has 2 atom stereocenters. The third kappa shape index (κ3) is 9.57. The number of nitrogens with zero attached hydrogens (tertiary/aromatic N) is 2. The number of aliphatic imine (C=N–C) groups is 2. The van der Waals surface area contributed by atoms with Crippen LogP contribution >= 0.6 is 69.6 Å². The number of phenols is 2. The van der Waals surface area contributed by atoms with Crippen LogP contribution in [0.25, 0.3) is 0 Å². The van der Waals surface area contributed by atoms with Gasteiger partial charge in [-0.2, -0.15) is 0 Å². The Kier molecular flexibility index (Phi) is 13.3. The maximum Gasteiger partial charge on any atom is 0.219 e.